The number of carbonyl (C=O) groups is 3. The molecule has 2 N–H and O–H groups in total. The molecule has 30 heavy (non-hydrogen) atoms. The molecule has 0 atom stereocenters. The largest absolute Gasteiger partial charge is 0.457 e. The highest BCUT2D eigenvalue weighted by Crippen LogP contribution is 2.24. The quantitative estimate of drug-likeness (QED) is 0.561. The Morgan fingerprint density at radius 1 is 0.967 bits per heavy atom. The van der Waals surface area contributed by atoms with Crippen molar-refractivity contribution in [2.45, 2.75) is 26.9 Å². The standard InChI is InChI=1S/C22H21N3O4S/c1-14-20(21(28)29-13-17-6-4-3-5-7-17)30-22(23-14)25-19(27)12-16-8-10-18(11-9-16)24-15(2)26/h3-11H,12-13H2,1-2H3,(H,24,26)(H,23,25,27). The lowest BCUT2D eigenvalue weighted by atomic mass is 10.1. The monoisotopic (exact) mass is 423 g/mol. The van der Waals surface area contributed by atoms with E-state index in [1.165, 1.54) is 6.92 Å². The number of carbonyl (C=O) groups excluding carboxylic acids is 3. The number of hydrogen-bond acceptors (Lipinski definition) is 6. The van der Waals surface area contributed by atoms with Gasteiger partial charge in [0.2, 0.25) is 11.8 Å². The van der Waals surface area contributed by atoms with Crippen molar-refractivity contribution < 1.29 is 19.1 Å². The molecule has 0 unspecified atom stereocenters. The van der Waals surface area contributed by atoms with Crippen molar-refractivity contribution in [1.82, 2.24) is 4.98 Å². The number of benzene rings is 2. The Kier molecular flexibility index (Phi) is 6.92. The fraction of sp³-hybridized carbons (Fsp3) is 0.182. The van der Waals surface area contributed by atoms with Crippen LogP contribution >= 0.6 is 11.3 Å². The maximum absolute atomic E-state index is 12.3. The van der Waals surface area contributed by atoms with Gasteiger partial charge in [-0.05, 0) is 30.2 Å². The van der Waals surface area contributed by atoms with Gasteiger partial charge in [-0.25, -0.2) is 9.78 Å². The molecule has 3 rings (SSSR count). The first-order valence-corrected chi connectivity index (χ1v) is 10.1. The van der Waals surface area contributed by atoms with Crippen LogP contribution in [0.5, 0.6) is 0 Å². The number of ether oxygens (including phenoxy) is 1. The highest BCUT2D eigenvalue weighted by molar-refractivity contribution is 7.17. The predicted octanol–water partition coefficient (Wildman–Crippen LogP) is 3.95. The van der Waals surface area contributed by atoms with E-state index < -0.39 is 5.97 Å². The summed E-state index contributed by atoms with van der Waals surface area (Å²) in [5.41, 5.74) is 2.86. The molecule has 0 fully saturated rings. The SMILES string of the molecule is CC(=O)Nc1ccc(CC(=O)Nc2nc(C)c(C(=O)OCc3ccccc3)s2)cc1. The molecule has 0 radical (unpaired) electrons. The number of hydrogen-bond donors (Lipinski definition) is 2. The van der Waals surface area contributed by atoms with Crippen molar-refractivity contribution >= 4 is 39.9 Å². The zero-order valence-corrected chi connectivity index (χ0v) is 17.4. The number of nitrogens with zero attached hydrogens (tertiary/aromatic N) is 1. The van der Waals surface area contributed by atoms with E-state index in [-0.39, 0.29) is 24.8 Å². The molecule has 0 bridgehead atoms. The lowest BCUT2D eigenvalue weighted by Gasteiger charge is -2.05. The first-order chi connectivity index (χ1) is 14.4. The Morgan fingerprint density at radius 2 is 1.67 bits per heavy atom. The van der Waals surface area contributed by atoms with E-state index in [2.05, 4.69) is 15.6 Å². The van der Waals surface area contributed by atoms with Gasteiger partial charge >= 0.3 is 5.97 Å². The summed E-state index contributed by atoms with van der Waals surface area (Å²) >= 11 is 1.09. The van der Waals surface area contributed by atoms with Crippen molar-refractivity contribution in [1.29, 1.82) is 0 Å². The third-order valence-electron chi connectivity index (χ3n) is 4.08. The topological polar surface area (TPSA) is 97.4 Å². The Labute approximate surface area is 178 Å². The molecular weight excluding hydrogens is 402 g/mol. The molecule has 2 aromatic carbocycles. The highest BCUT2D eigenvalue weighted by atomic mass is 32.1. The Bertz CT molecular complexity index is 1050. The first kappa shape index (κ1) is 21.2. The van der Waals surface area contributed by atoms with E-state index in [4.69, 9.17) is 4.74 Å². The lowest BCUT2D eigenvalue weighted by Crippen LogP contribution is -2.14. The summed E-state index contributed by atoms with van der Waals surface area (Å²) in [7, 11) is 0. The van der Waals surface area contributed by atoms with Crippen LogP contribution in [0, 0.1) is 6.92 Å². The van der Waals surface area contributed by atoms with E-state index in [1.54, 1.807) is 31.2 Å². The maximum Gasteiger partial charge on any atom is 0.350 e. The summed E-state index contributed by atoms with van der Waals surface area (Å²) in [6, 6.07) is 16.4. The summed E-state index contributed by atoms with van der Waals surface area (Å²) < 4.78 is 5.34. The molecule has 154 valence electrons. The van der Waals surface area contributed by atoms with Crippen LogP contribution in [0.3, 0.4) is 0 Å². The van der Waals surface area contributed by atoms with Crippen LogP contribution in [0.25, 0.3) is 0 Å². The van der Waals surface area contributed by atoms with Gasteiger partial charge in [0.1, 0.15) is 11.5 Å². The van der Waals surface area contributed by atoms with Crippen molar-refractivity contribution in [2.75, 3.05) is 10.6 Å². The first-order valence-electron chi connectivity index (χ1n) is 9.25. The molecule has 1 aromatic heterocycles. The summed E-state index contributed by atoms with van der Waals surface area (Å²) in [6.45, 7) is 3.31. The number of rotatable bonds is 7. The number of thiazole rings is 1. The number of amides is 2. The summed E-state index contributed by atoms with van der Waals surface area (Å²) in [5, 5.41) is 5.74. The molecule has 7 nitrogen and oxygen atoms in total. The molecule has 1 heterocycles. The average molecular weight is 423 g/mol. The normalized spacial score (nSPS) is 10.3. The second kappa shape index (κ2) is 9.80. The predicted molar refractivity (Wildman–Crippen MR) is 115 cm³/mol. The second-order valence-electron chi connectivity index (χ2n) is 6.60. The van der Waals surface area contributed by atoms with Gasteiger partial charge in [0.05, 0.1) is 12.1 Å². The minimum Gasteiger partial charge on any atom is -0.457 e. The minimum atomic E-state index is -0.470. The van der Waals surface area contributed by atoms with Gasteiger partial charge in [-0.3, -0.25) is 9.59 Å². The second-order valence-corrected chi connectivity index (χ2v) is 7.60. The van der Waals surface area contributed by atoms with Crippen LogP contribution in [0.2, 0.25) is 0 Å². The van der Waals surface area contributed by atoms with Gasteiger partial charge in [-0.2, -0.15) is 0 Å². The molecule has 0 spiro atoms. The Hall–Kier alpha value is -3.52. The maximum atomic E-state index is 12.3. The molecular formula is C22H21N3O4S. The zero-order valence-electron chi connectivity index (χ0n) is 16.6. The summed E-state index contributed by atoms with van der Waals surface area (Å²) in [4.78, 5) is 40.3. The van der Waals surface area contributed by atoms with Gasteiger partial charge in [0.15, 0.2) is 5.13 Å². The van der Waals surface area contributed by atoms with Crippen LogP contribution in [0.4, 0.5) is 10.8 Å². The van der Waals surface area contributed by atoms with E-state index in [1.807, 2.05) is 30.3 Å². The average Bonchev–Trinajstić information content (AvgIpc) is 3.08. The van der Waals surface area contributed by atoms with Crippen LogP contribution in [0.1, 0.15) is 33.4 Å². The van der Waals surface area contributed by atoms with E-state index in [0.29, 0.717) is 21.4 Å². The zero-order chi connectivity index (χ0) is 21.5. The Balaban J connectivity index is 1.56. The van der Waals surface area contributed by atoms with E-state index in [0.717, 1.165) is 22.5 Å². The van der Waals surface area contributed by atoms with Gasteiger partial charge in [0, 0.05) is 12.6 Å². The molecule has 0 saturated heterocycles. The fourth-order valence-electron chi connectivity index (χ4n) is 2.69. The smallest absolute Gasteiger partial charge is 0.350 e. The van der Waals surface area contributed by atoms with Crippen molar-refractivity contribution in [3.63, 3.8) is 0 Å². The molecule has 0 aliphatic heterocycles. The number of nitrogens with one attached hydrogen (secondary N) is 2. The molecule has 0 aliphatic rings. The van der Waals surface area contributed by atoms with Crippen LogP contribution in [0.15, 0.2) is 54.6 Å². The van der Waals surface area contributed by atoms with Gasteiger partial charge in [-0.15, -0.1) is 0 Å². The van der Waals surface area contributed by atoms with Gasteiger partial charge < -0.3 is 15.4 Å². The third kappa shape index (κ3) is 5.99. The fourth-order valence-corrected chi connectivity index (χ4v) is 3.56. The van der Waals surface area contributed by atoms with Crippen LogP contribution in [-0.4, -0.2) is 22.8 Å². The van der Waals surface area contributed by atoms with E-state index in [9.17, 15) is 14.4 Å². The Morgan fingerprint density at radius 3 is 2.33 bits per heavy atom. The number of aromatic nitrogens is 1. The van der Waals surface area contributed by atoms with Gasteiger partial charge in [0.25, 0.3) is 0 Å². The third-order valence-corrected chi connectivity index (χ3v) is 5.13. The molecule has 0 aliphatic carbocycles. The lowest BCUT2D eigenvalue weighted by molar-refractivity contribution is -0.116. The van der Waals surface area contributed by atoms with Crippen molar-refractivity contribution in [2.24, 2.45) is 0 Å². The minimum absolute atomic E-state index is 0.146. The molecule has 3 aromatic rings. The summed E-state index contributed by atoms with van der Waals surface area (Å²) in [5.74, 6) is -0.874. The summed E-state index contributed by atoms with van der Waals surface area (Å²) in [6.07, 6.45) is 0.146. The highest BCUT2D eigenvalue weighted by Gasteiger charge is 2.18. The van der Waals surface area contributed by atoms with Gasteiger partial charge in [-0.1, -0.05) is 53.8 Å². The van der Waals surface area contributed by atoms with Crippen LogP contribution < -0.4 is 10.6 Å². The molecule has 0 saturated carbocycles. The molecule has 2 amide bonds. The van der Waals surface area contributed by atoms with E-state index >= 15 is 0 Å². The number of esters is 1. The van der Waals surface area contributed by atoms with Crippen molar-refractivity contribution in [3.8, 4) is 0 Å². The number of aryl methyl sites for hydroxylation is 1. The molecule has 8 heteroatoms. The van der Waals surface area contributed by atoms with Crippen molar-refractivity contribution in [3.05, 3.63) is 76.3 Å². The number of anilines is 2. The van der Waals surface area contributed by atoms with Crippen LogP contribution in [-0.2, 0) is 27.4 Å².